The van der Waals surface area contributed by atoms with Crippen LogP contribution in [0.1, 0.15) is 11.1 Å². The van der Waals surface area contributed by atoms with E-state index >= 15 is 0 Å². The Balaban J connectivity index is 1.94. The number of aliphatic carboxylic acids is 1. The minimum Gasteiger partial charge on any atom is -0.473 e. The number of hydrogen-bond donors (Lipinski definition) is 1. The molecule has 0 atom stereocenters. The number of halogens is 1. The molecule has 0 saturated carbocycles. The van der Waals surface area contributed by atoms with Gasteiger partial charge in [-0.3, -0.25) is 0 Å². The Morgan fingerprint density at radius 3 is 2.31 bits per heavy atom. The Morgan fingerprint density at radius 1 is 1.07 bits per heavy atom. The van der Waals surface area contributed by atoms with E-state index in [9.17, 15) is 14.0 Å². The van der Waals surface area contributed by atoms with Crippen molar-refractivity contribution in [3.63, 3.8) is 0 Å². The van der Waals surface area contributed by atoms with Crippen LogP contribution in [-0.4, -0.2) is 27.0 Å². The standard InChI is InChI=1S/C20H13FN4O4/c21-17-4-2-1-3-14(17)12-25(15-7-5-13(9-22)6-8-15)16-10-23-20(24-11-16)29-19(28)18(26)27/h1-8,10-11H,12H2,(H,26,27). The van der Waals surface area contributed by atoms with E-state index in [0.29, 0.717) is 22.5 Å². The average molecular weight is 392 g/mol. The van der Waals surface area contributed by atoms with Gasteiger partial charge in [-0.25, -0.2) is 23.9 Å². The highest BCUT2D eigenvalue weighted by Crippen LogP contribution is 2.28. The van der Waals surface area contributed by atoms with Crippen molar-refractivity contribution in [2.75, 3.05) is 4.90 Å². The summed E-state index contributed by atoms with van der Waals surface area (Å²) in [5.41, 5.74) is 1.96. The molecule has 0 radical (unpaired) electrons. The van der Waals surface area contributed by atoms with Crippen LogP contribution in [0.3, 0.4) is 0 Å². The molecule has 8 nitrogen and oxygen atoms in total. The third kappa shape index (κ3) is 4.70. The highest BCUT2D eigenvalue weighted by atomic mass is 19.1. The predicted molar refractivity (Wildman–Crippen MR) is 98.7 cm³/mol. The Bertz CT molecular complexity index is 1080. The second-order valence-corrected chi connectivity index (χ2v) is 5.75. The molecule has 0 aliphatic rings. The van der Waals surface area contributed by atoms with Crippen LogP contribution in [0.5, 0.6) is 6.01 Å². The summed E-state index contributed by atoms with van der Waals surface area (Å²) >= 11 is 0. The highest BCUT2D eigenvalue weighted by molar-refractivity contribution is 6.29. The lowest BCUT2D eigenvalue weighted by Gasteiger charge is -2.25. The van der Waals surface area contributed by atoms with Gasteiger partial charge in [0.1, 0.15) is 5.82 Å². The molecule has 0 fully saturated rings. The number of carboxylic acids is 1. The van der Waals surface area contributed by atoms with Crippen LogP contribution < -0.4 is 9.64 Å². The number of carboxylic acid groups (broad SMARTS) is 1. The van der Waals surface area contributed by atoms with E-state index < -0.39 is 17.9 Å². The zero-order valence-corrected chi connectivity index (χ0v) is 14.8. The summed E-state index contributed by atoms with van der Waals surface area (Å²) in [7, 11) is 0. The number of esters is 1. The second kappa shape index (κ2) is 8.58. The smallest absolute Gasteiger partial charge is 0.425 e. The first-order valence-corrected chi connectivity index (χ1v) is 8.26. The Labute approximate surface area is 164 Å². The molecule has 29 heavy (non-hydrogen) atoms. The van der Waals surface area contributed by atoms with Gasteiger partial charge in [-0.1, -0.05) is 18.2 Å². The maximum absolute atomic E-state index is 14.2. The zero-order chi connectivity index (χ0) is 20.8. The van der Waals surface area contributed by atoms with Gasteiger partial charge in [0.2, 0.25) is 0 Å². The lowest BCUT2D eigenvalue weighted by atomic mass is 10.1. The first-order valence-electron chi connectivity index (χ1n) is 8.26. The van der Waals surface area contributed by atoms with Gasteiger partial charge in [0.05, 0.1) is 36.3 Å². The van der Waals surface area contributed by atoms with E-state index in [1.54, 1.807) is 47.4 Å². The summed E-state index contributed by atoms with van der Waals surface area (Å²) in [4.78, 5) is 31.0. The number of carbonyl (C=O) groups excluding carboxylic acids is 1. The Morgan fingerprint density at radius 2 is 1.72 bits per heavy atom. The van der Waals surface area contributed by atoms with Crippen molar-refractivity contribution >= 4 is 23.3 Å². The molecule has 2 aromatic carbocycles. The Hall–Kier alpha value is -4.32. The number of ether oxygens (including phenoxy) is 1. The van der Waals surface area contributed by atoms with Gasteiger partial charge >= 0.3 is 17.9 Å². The van der Waals surface area contributed by atoms with E-state index in [1.165, 1.54) is 18.5 Å². The maximum atomic E-state index is 14.2. The number of rotatable bonds is 5. The van der Waals surface area contributed by atoms with Gasteiger partial charge in [-0.15, -0.1) is 0 Å². The largest absolute Gasteiger partial charge is 0.473 e. The molecule has 3 aromatic rings. The van der Waals surface area contributed by atoms with Crippen molar-refractivity contribution in [2.45, 2.75) is 6.54 Å². The van der Waals surface area contributed by atoms with Gasteiger partial charge in [0, 0.05) is 11.3 Å². The van der Waals surface area contributed by atoms with Crippen molar-refractivity contribution in [1.82, 2.24) is 9.97 Å². The fraction of sp³-hybridized carbons (Fsp3) is 0.0500. The second-order valence-electron chi connectivity index (χ2n) is 5.75. The fourth-order valence-electron chi connectivity index (χ4n) is 2.47. The number of benzene rings is 2. The number of carbonyl (C=O) groups is 2. The lowest BCUT2D eigenvalue weighted by molar-refractivity contribution is -0.158. The number of nitrogens with zero attached hydrogens (tertiary/aromatic N) is 4. The molecule has 0 amide bonds. The first kappa shape index (κ1) is 19.4. The molecule has 1 heterocycles. The normalized spacial score (nSPS) is 10.1. The number of hydrogen-bond acceptors (Lipinski definition) is 7. The molecule has 0 spiro atoms. The lowest BCUT2D eigenvalue weighted by Crippen LogP contribution is -2.21. The first-order chi connectivity index (χ1) is 14.0. The minimum atomic E-state index is -1.77. The van der Waals surface area contributed by atoms with Crippen LogP contribution in [0, 0.1) is 17.1 Å². The zero-order valence-electron chi connectivity index (χ0n) is 14.8. The van der Waals surface area contributed by atoms with Crippen molar-refractivity contribution in [1.29, 1.82) is 5.26 Å². The molecule has 1 aromatic heterocycles. The van der Waals surface area contributed by atoms with Crippen molar-refractivity contribution in [3.8, 4) is 12.1 Å². The molecule has 1 N–H and O–H groups in total. The third-order valence-corrected chi connectivity index (χ3v) is 3.88. The quantitative estimate of drug-likeness (QED) is 0.520. The summed E-state index contributed by atoms with van der Waals surface area (Å²) in [5.74, 6) is -3.66. The topological polar surface area (TPSA) is 116 Å². The van der Waals surface area contributed by atoms with Crippen LogP contribution in [-0.2, 0) is 16.1 Å². The van der Waals surface area contributed by atoms with Crippen LogP contribution in [0.4, 0.5) is 15.8 Å². The van der Waals surface area contributed by atoms with Crippen molar-refractivity contribution < 1.29 is 23.8 Å². The number of nitriles is 1. The number of aromatic nitrogens is 2. The van der Waals surface area contributed by atoms with E-state index in [2.05, 4.69) is 14.7 Å². The number of anilines is 2. The molecule has 0 unspecified atom stereocenters. The van der Waals surface area contributed by atoms with E-state index in [1.807, 2.05) is 6.07 Å². The van der Waals surface area contributed by atoms with Gasteiger partial charge in [0.15, 0.2) is 0 Å². The molecule has 9 heteroatoms. The van der Waals surface area contributed by atoms with Gasteiger partial charge in [0.25, 0.3) is 0 Å². The molecule has 0 aliphatic carbocycles. The highest BCUT2D eigenvalue weighted by Gasteiger charge is 2.17. The van der Waals surface area contributed by atoms with E-state index in [-0.39, 0.29) is 12.4 Å². The molecular weight excluding hydrogens is 379 g/mol. The van der Waals surface area contributed by atoms with E-state index in [0.717, 1.165) is 0 Å². The average Bonchev–Trinajstić information content (AvgIpc) is 2.74. The van der Waals surface area contributed by atoms with Crippen LogP contribution in [0.2, 0.25) is 0 Å². The third-order valence-electron chi connectivity index (χ3n) is 3.88. The monoisotopic (exact) mass is 392 g/mol. The summed E-state index contributed by atoms with van der Waals surface area (Å²) in [6.07, 6.45) is 2.63. The molecule has 144 valence electrons. The Kier molecular flexibility index (Phi) is 5.75. The molecule has 3 rings (SSSR count). The van der Waals surface area contributed by atoms with E-state index in [4.69, 9.17) is 10.4 Å². The fourth-order valence-corrected chi connectivity index (χ4v) is 2.47. The summed E-state index contributed by atoms with van der Waals surface area (Å²) in [6.45, 7) is 0.135. The van der Waals surface area contributed by atoms with Crippen molar-refractivity contribution in [3.05, 3.63) is 77.9 Å². The maximum Gasteiger partial charge on any atom is 0.425 e. The molecular formula is C20H13FN4O4. The van der Waals surface area contributed by atoms with Crippen LogP contribution >= 0.6 is 0 Å². The summed E-state index contributed by atoms with van der Waals surface area (Å²) in [6, 6.07) is 14.5. The van der Waals surface area contributed by atoms with Gasteiger partial charge in [-0.05, 0) is 30.3 Å². The van der Waals surface area contributed by atoms with Crippen LogP contribution in [0.15, 0.2) is 60.9 Å². The summed E-state index contributed by atoms with van der Waals surface area (Å²) in [5, 5.41) is 17.6. The SMILES string of the molecule is N#Cc1ccc(N(Cc2ccccc2F)c2cnc(OC(=O)C(=O)O)nc2)cc1. The minimum absolute atomic E-state index is 0.135. The molecule has 0 aliphatic heterocycles. The van der Waals surface area contributed by atoms with Crippen molar-refractivity contribution in [2.24, 2.45) is 0 Å². The molecule has 0 bridgehead atoms. The summed E-state index contributed by atoms with van der Waals surface area (Å²) < 4.78 is 18.7. The van der Waals surface area contributed by atoms with Gasteiger partial charge < -0.3 is 14.7 Å². The van der Waals surface area contributed by atoms with Crippen LogP contribution in [0.25, 0.3) is 0 Å². The predicted octanol–water partition coefficient (Wildman–Crippen LogP) is 2.82. The van der Waals surface area contributed by atoms with Gasteiger partial charge in [-0.2, -0.15) is 5.26 Å². The molecule has 0 saturated heterocycles.